The smallest absolute Gasteiger partial charge is 0.192 e. The van der Waals surface area contributed by atoms with Crippen LogP contribution < -0.4 is 0 Å². The summed E-state index contributed by atoms with van der Waals surface area (Å²) in [5.74, 6) is 0.0286. The zero-order valence-corrected chi connectivity index (χ0v) is 14.2. The van der Waals surface area contributed by atoms with E-state index in [1.165, 1.54) is 0 Å². The molecule has 0 aliphatic rings. The molecule has 2 unspecified atom stereocenters. The number of hydrogen-bond donors (Lipinski definition) is 0. The first kappa shape index (κ1) is 17.1. The minimum Gasteiger partial charge on any atom is -0.412 e. The first-order chi connectivity index (χ1) is 7.40. The molecule has 0 aromatic carbocycles. The number of carbonyl (C=O) groups is 1. The second kappa shape index (κ2) is 5.85. The lowest BCUT2D eigenvalue weighted by Crippen LogP contribution is -2.47. The van der Waals surface area contributed by atoms with Crippen LogP contribution in [0.5, 0.6) is 0 Å². The first-order valence-electron chi connectivity index (χ1n) is 6.25. The molecule has 102 valence electrons. The Morgan fingerprint density at radius 1 is 1.18 bits per heavy atom. The Hall–Kier alpha value is 0.137. The molecule has 0 heterocycles. The summed E-state index contributed by atoms with van der Waals surface area (Å²) in [7, 11) is -1.85. The fourth-order valence-electron chi connectivity index (χ4n) is 1.25. The van der Waals surface area contributed by atoms with Crippen molar-refractivity contribution < 1.29 is 9.22 Å². The van der Waals surface area contributed by atoms with Crippen molar-refractivity contribution in [2.45, 2.75) is 71.2 Å². The molecule has 0 aliphatic heterocycles. The fraction of sp³-hybridized carbons (Fsp3) is 0.923. The van der Waals surface area contributed by atoms with E-state index < -0.39 is 13.7 Å². The highest BCUT2D eigenvalue weighted by Crippen LogP contribution is 2.38. The molecule has 0 bridgehead atoms. The fourth-order valence-corrected chi connectivity index (χ4v) is 3.06. The van der Waals surface area contributed by atoms with Gasteiger partial charge in [0.25, 0.3) is 0 Å². The Kier molecular flexibility index (Phi) is 5.90. The van der Waals surface area contributed by atoms with Crippen molar-refractivity contribution in [2.24, 2.45) is 5.92 Å². The highest BCUT2D eigenvalue weighted by Gasteiger charge is 2.40. The van der Waals surface area contributed by atoms with E-state index in [1.807, 2.05) is 20.8 Å². The maximum Gasteiger partial charge on any atom is 0.192 e. The zero-order valence-electron chi connectivity index (χ0n) is 12.4. The van der Waals surface area contributed by atoms with Gasteiger partial charge >= 0.3 is 0 Å². The Morgan fingerprint density at radius 3 is 1.88 bits per heavy atom. The van der Waals surface area contributed by atoms with Crippen LogP contribution in [0.1, 0.15) is 41.5 Å². The Bertz CT molecular complexity index is 269. The van der Waals surface area contributed by atoms with Crippen molar-refractivity contribution in [3.8, 4) is 0 Å². The van der Waals surface area contributed by atoms with Gasteiger partial charge in [0.05, 0.1) is 6.10 Å². The molecule has 0 aliphatic carbocycles. The molecule has 0 saturated heterocycles. The third-order valence-electron chi connectivity index (χ3n) is 3.54. The first-order valence-corrected chi connectivity index (χ1v) is 9.60. The molecule has 0 amide bonds. The molecule has 0 rings (SSSR count). The molecule has 0 radical (unpaired) electrons. The van der Waals surface area contributed by atoms with Crippen molar-refractivity contribution in [1.29, 1.82) is 0 Å². The van der Waals surface area contributed by atoms with Crippen molar-refractivity contribution in [2.75, 3.05) is 0 Å². The number of rotatable bonds is 5. The lowest BCUT2D eigenvalue weighted by molar-refractivity contribution is -0.123. The van der Waals surface area contributed by atoms with Crippen molar-refractivity contribution >= 4 is 25.7 Å². The van der Waals surface area contributed by atoms with E-state index >= 15 is 0 Å². The molecule has 2 nitrogen and oxygen atoms in total. The maximum absolute atomic E-state index is 11.8. The molecule has 17 heavy (non-hydrogen) atoms. The molecule has 2 atom stereocenters. The second-order valence-corrected chi connectivity index (χ2v) is 11.8. The predicted molar refractivity (Wildman–Crippen MR) is 77.2 cm³/mol. The van der Waals surface area contributed by atoms with E-state index in [0.717, 1.165) is 0 Å². The standard InChI is InChI=1S/C13H27ClO2Si/c1-9(2)12(15)11(14)10(3)16-17(7,8)13(4,5)6/h9-11H,1-8H3. The summed E-state index contributed by atoms with van der Waals surface area (Å²) in [6.45, 7) is 16.5. The van der Waals surface area contributed by atoms with E-state index in [0.29, 0.717) is 0 Å². The van der Waals surface area contributed by atoms with E-state index in [1.54, 1.807) is 0 Å². The van der Waals surface area contributed by atoms with Crippen LogP contribution in [-0.4, -0.2) is 25.6 Å². The van der Waals surface area contributed by atoms with Gasteiger partial charge in [0, 0.05) is 5.92 Å². The number of ketones is 1. The molecular formula is C13H27ClO2Si. The van der Waals surface area contributed by atoms with E-state index in [4.69, 9.17) is 16.0 Å². The molecular weight excluding hydrogens is 252 g/mol. The quantitative estimate of drug-likeness (QED) is 0.556. The summed E-state index contributed by atoms with van der Waals surface area (Å²) in [5, 5.41) is -0.400. The average molecular weight is 279 g/mol. The van der Waals surface area contributed by atoms with Gasteiger partial charge < -0.3 is 4.43 Å². The van der Waals surface area contributed by atoms with Gasteiger partial charge in [0.1, 0.15) is 5.38 Å². The van der Waals surface area contributed by atoms with Crippen LogP contribution in [0.15, 0.2) is 0 Å². The number of carbonyl (C=O) groups excluding carboxylic acids is 1. The highest BCUT2D eigenvalue weighted by atomic mass is 35.5. The molecule has 0 saturated carbocycles. The number of Topliss-reactive ketones (excluding diaryl/α,β-unsaturated/α-hetero) is 1. The van der Waals surface area contributed by atoms with Gasteiger partial charge in [-0.1, -0.05) is 34.6 Å². The van der Waals surface area contributed by atoms with Crippen LogP contribution in [-0.2, 0) is 9.22 Å². The van der Waals surface area contributed by atoms with Gasteiger partial charge in [-0.2, -0.15) is 0 Å². The Labute approximate surface area is 112 Å². The summed E-state index contributed by atoms with van der Waals surface area (Å²) in [5.41, 5.74) is 0. The minimum atomic E-state index is -1.85. The number of hydrogen-bond acceptors (Lipinski definition) is 2. The number of halogens is 1. The van der Waals surface area contributed by atoms with Gasteiger partial charge in [-0.15, -0.1) is 11.6 Å². The lowest BCUT2D eigenvalue weighted by atomic mass is 10.0. The van der Waals surface area contributed by atoms with Crippen LogP contribution in [0.4, 0.5) is 0 Å². The van der Waals surface area contributed by atoms with Crippen LogP contribution >= 0.6 is 11.6 Å². The van der Waals surface area contributed by atoms with Gasteiger partial charge in [-0.05, 0) is 25.1 Å². The van der Waals surface area contributed by atoms with E-state index in [-0.39, 0.29) is 22.8 Å². The van der Waals surface area contributed by atoms with E-state index in [9.17, 15) is 4.79 Å². The van der Waals surface area contributed by atoms with Crippen LogP contribution in [0.2, 0.25) is 18.1 Å². The third-order valence-corrected chi connectivity index (χ3v) is 8.68. The summed E-state index contributed by atoms with van der Waals surface area (Å²) in [6.07, 6.45) is -0.215. The van der Waals surface area contributed by atoms with Gasteiger partial charge in [-0.3, -0.25) is 4.79 Å². The minimum absolute atomic E-state index is 0.0389. The predicted octanol–water partition coefficient (Wildman–Crippen LogP) is 4.23. The monoisotopic (exact) mass is 278 g/mol. The lowest BCUT2D eigenvalue weighted by Gasteiger charge is -2.39. The van der Waals surface area contributed by atoms with Crippen LogP contribution in [0.3, 0.4) is 0 Å². The van der Waals surface area contributed by atoms with Crippen molar-refractivity contribution in [1.82, 2.24) is 0 Å². The van der Waals surface area contributed by atoms with Gasteiger partial charge in [0.2, 0.25) is 0 Å². The Morgan fingerprint density at radius 2 is 1.59 bits per heavy atom. The summed E-state index contributed by atoms with van der Waals surface area (Å²) >= 11 is 6.18. The average Bonchev–Trinajstić information content (AvgIpc) is 2.12. The molecule has 0 fully saturated rings. The molecule has 0 aromatic rings. The SMILES string of the molecule is CC(C)C(=O)C(Cl)C(C)O[Si](C)(C)C(C)(C)C. The second-order valence-electron chi connectivity index (χ2n) is 6.54. The van der Waals surface area contributed by atoms with Crippen molar-refractivity contribution in [3.63, 3.8) is 0 Å². The Balaban J connectivity index is 4.66. The molecule has 0 spiro atoms. The molecule has 0 N–H and O–H groups in total. The van der Waals surface area contributed by atoms with Crippen LogP contribution in [0, 0.1) is 5.92 Å². The van der Waals surface area contributed by atoms with Crippen molar-refractivity contribution in [3.05, 3.63) is 0 Å². The maximum atomic E-state index is 11.8. The molecule has 0 aromatic heterocycles. The molecule has 4 heteroatoms. The summed E-state index contributed by atoms with van der Waals surface area (Å²) in [4.78, 5) is 11.8. The third kappa shape index (κ3) is 4.72. The normalized spacial score (nSPS) is 17.1. The zero-order chi connectivity index (χ0) is 14.0. The van der Waals surface area contributed by atoms with Crippen LogP contribution in [0.25, 0.3) is 0 Å². The summed E-state index contributed by atoms with van der Waals surface area (Å²) < 4.78 is 6.12. The number of alkyl halides is 1. The summed E-state index contributed by atoms with van der Waals surface area (Å²) in [6, 6.07) is 0. The highest BCUT2D eigenvalue weighted by molar-refractivity contribution is 6.74. The van der Waals surface area contributed by atoms with Gasteiger partial charge in [-0.25, -0.2) is 0 Å². The topological polar surface area (TPSA) is 26.3 Å². The van der Waals surface area contributed by atoms with Gasteiger partial charge in [0.15, 0.2) is 14.1 Å². The van der Waals surface area contributed by atoms with E-state index in [2.05, 4.69) is 33.9 Å². The largest absolute Gasteiger partial charge is 0.412 e.